The number of nitrogens with zero attached hydrogens (tertiary/aromatic N) is 1. The lowest BCUT2D eigenvalue weighted by Crippen LogP contribution is -1.98. The van der Waals surface area contributed by atoms with Gasteiger partial charge in [-0.2, -0.15) is 0 Å². The zero-order valence-electron chi connectivity index (χ0n) is 10.5. The fourth-order valence-electron chi connectivity index (χ4n) is 2.18. The molecule has 0 fully saturated rings. The van der Waals surface area contributed by atoms with Crippen molar-refractivity contribution in [3.05, 3.63) is 52.0 Å². The summed E-state index contributed by atoms with van der Waals surface area (Å²) < 4.78 is 21.5. The second-order valence-electron chi connectivity index (χ2n) is 4.19. The number of H-pyrrole nitrogens is 1. The average molecular weight is 309 g/mol. The lowest BCUT2D eigenvalue weighted by Gasteiger charge is -2.07. The molecule has 102 valence electrons. The van der Waals surface area contributed by atoms with Crippen LogP contribution in [0.25, 0.3) is 16.7 Å². The summed E-state index contributed by atoms with van der Waals surface area (Å²) in [6.07, 6.45) is 0. The Labute approximate surface area is 124 Å². The van der Waals surface area contributed by atoms with Gasteiger partial charge in [-0.05, 0) is 36.5 Å². The molecule has 6 heteroatoms. The molecule has 3 nitrogen and oxygen atoms in total. The van der Waals surface area contributed by atoms with Gasteiger partial charge in [-0.25, -0.2) is 4.39 Å². The molecular weight excluding hydrogens is 299 g/mol. The van der Waals surface area contributed by atoms with E-state index in [1.807, 2.05) is 18.2 Å². The zero-order valence-corrected chi connectivity index (χ0v) is 12.1. The maximum Gasteiger partial charge on any atom is 0.182 e. The maximum absolute atomic E-state index is 14.2. The highest BCUT2D eigenvalue weighted by Crippen LogP contribution is 2.29. The molecule has 0 spiro atoms. The Bertz CT molecular complexity index is 856. The molecule has 0 radical (unpaired) electrons. The topological polar surface area (TPSA) is 29.9 Å². The summed E-state index contributed by atoms with van der Waals surface area (Å²) in [6.45, 7) is 0. The minimum atomic E-state index is -0.506. The van der Waals surface area contributed by atoms with Gasteiger partial charge in [-0.1, -0.05) is 23.7 Å². The number of benzene rings is 2. The van der Waals surface area contributed by atoms with Gasteiger partial charge in [-0.3, -0.25) is 4.57 Å². The minimum absolute atomic E-state index is 0.0571. The van der Waals surface area contributed by atoms with E-state index in [4.69, 9.17) is 28.6 Å². The van der Waals surface area contributed by atoms with Crippen LogP contribution in [0.15, 0.2) is 36.4 Å². The molecule has 2 aromatic carbocycles. The van der Waals surface area contributed by atoms with Crippen LogP contribution in [0.4, 0.5) is 4.39 Å². The number of rotatable bonds is 2. The summed E-state index contributed by atoms with van der Waals surface area (Å²) in [4.78, 5) is 3.03. The molecule has 3 rings (SSSR count). The predicted octanol–water partition coefficient (Wildman–Crippen LogP) is 4.49. The van der Waals surface area contributed by atoms with Crippen LogP contribution in [0.2, 0.25) is 5.02 Å². The second kappa shape index (κ2) is 4.92. The number of methoxy groups -OCH3 is 1. The van der Waals surface area contributed by atoms with Crippen molar-refractivity contribution in [2.24, 2.45) is 0 Å². The number of ether oxygens (including phenoxy) is 1. The highest BCUT2D eigenvalue weighted by molar-refractivity contribution is 7.71. The zero-order chi connectivity index (χ0) is 14.3. The van der Waals surface area contributed by atoms with E-state index in [0.29, 0.717) is 16.2 Å². The van der Waals surface area contributed by atoms with Crippen molar-refractivity contribution in [2.75, 3.05) is 7.11 Å². The highest BCUT2D eigenvalue weighted by atomic mass is 35.5. The predicted molar refractivity (Wildman–Crippen MR) is 80.0 cm³/mol. The van der Waals surface area contributed by atoms with E-state index in [-0.39, 0.29) is 5.02 Å². The number of imidazole rings is 1. The Morgan fingerprint density at radius 2 is 2.00 bits per heavy atom. The molecule has 0 saturated carbocycles. The second-order valence-corrected chi connectivity index (χ2v) is 4.99. The summed E-state index contributed by atoms with van der Waals surface area (Å²) in [5.41, 5.74) is 1.76. The number of hydrogen-bond donors (Lipinski definition) is 1. The minimum Gasteiger partial charge on any atom is -0.494 e. The van der Waals surface area contributed by atoms with Crippen LogP contribution in [-0.4, -0.2) is 16.7 Å². The van der Waals surface area contributed by atoms with Crippen molar-refractivity contribution in [1.82, 2.24) is 9.55 Å². The fourth-order valence-corrected chi connectivity index (χ4v) is 2.65. The van der Waals surface area contributed by atoms with Gasteiger partial charge in [0.1, 0.15) is 11.3 Å². The van der Waals surface area contributed by atoms with E-state index in [9.17, 15) is 4.39 Å². The SMILES string of the molecule is COc1cccc2c1[nH]c(=S)n2-c1cccc(Cl)c1F. The third-order valence-electron chi connectivity index (χ3n) is 3.07. The van der Waals surface area contributed by atoms with Gasteiger partial charge in [-0.15, -0.1) is 0 Å². The van der Waals surface area contributed by atoms with Crippen molar-refractivity contribution < 1.29 is 9.13 Å². The summed E-state index contributed by atoms with van der Waals surface area (Å²) in [7, 11) is 1.57. The van der Waals surface area contributed by atoms with Gasteiger partial charge in [0.25, 0.3) is 0 Å². The number of nitrogens with one attached hydrogen (secondary N) is 1. The first-order valence-corrected chi connectivity index (χ1v) is 6.64. The Morgan fingerprint density at radius 1 is 1.25 bits per heavy atom. The summed E-state index contributed by atoms with van der Waals surface area (Å²) in [5, 5.41) is 0.0571. The van der Waals surface area contributed by atoms with Crippen LogP contribution >= 0.6 is 23.8 Å². The van der Waals surface area contributed by atoms with Crippen molar-refractivity contribution in [2.45, 2.75) is 0 Å². The van der Waals surface area contributed by atoms with Crippen molar-refractivity contribution in [3.8, 4) is 11.4 Å². The van der Waals surface area contributed by atoms with Crippen LogP contribution in [-0.2, 0) is 0 Å². The first kappa shape index (κ1) is 13.1. The Balaban J connectivity index is 2.40. The third kappa shape index (κ3) is 1.90. The molecule has 0 bridgehead atoms. The summed E-state index contributed by atoms with van der Waals surface area (Å²) in [5.74, 6) is 0.142. The van der Waals surface area contributed by atoms with E-state index < -0.39 is 5.82 Å². The fraction of sp³-hybridized carbons (Fsp3) is 0.0714. The molecule has 20 heavy (non-hydrogen) atoms. The summed E-state index contributed by atoms with van der Waals surface area (Å²) in [6, 6.07) is 10.3. The normalized spacial score (nSPS) is 10.9. The number of fused-ring (bicyclic) bond motifs is 1. The van der Waals surface area contributed by atoms with Crippen LogP contribution in [0.3, 0.4) is 0 Å². The number of hydrogen-bond acceptors (Lipinski definition) is 2. The first-order chi connectivity index (χ1) is 9.63. The molecule has 0 unspecified atom stereocenters. The monoisotopic (exact) mass is 308 g/mol. The first-order valence-electron chi connectivity index (χ1n) is 5.85. The molecule has 0 saturated heterocycles. The van der Waals surface area contributed by atoms with Crippen LogP contribution in [0.1, 0.15) is 0 Å². The van der Waals surface area contributed by atoms with Gasteiger partial charge < -0.3 is 9.72 Å². The lowest BCUT2D eigenvalue weighted by molar-refractivity contribution is 0.419. The van der Waals surface area contributed by atoms with Gasteiger partial charge in [0, 0.05) is 0 Å². The highest BCUT2D eigenvalue weighted by Gasteiger charge is 2.14. The van der Waals surface area contributed by atoms with Gasteiger partial charge in [0.2, 0.25) is 0 Å². The third-order valence-corrected chi connectivity index (χ3v) is 3.65. The molecular formula is C14H10ClFN2OS. The summed E-state index contributed by atoms with van der Waals surface area (Å²) >= 11 is 11.1. The van der Waals surface area contributed by atoms with Crippen LogP contribution in [0, 0.1) is 10.6 Å². The number of aromatic amines is 1. The average Bonchev–Trinajstić information content (AvgIpc) is 2.78. The van der Waals surface area contributed by atoms with E-state index in [0.717, 1.165) is 11.0 Å². The lowest BCUT2D eigenvalue weighted by atomic mass is 10.2. The smallest absolute Gasteiger partial charge is 0.182 e. The quantitative estimate of drug-likeness (QED) is 0.707. The molecule has 1 heterocycles. The van der Waals surface area contributed by atoms with Crippen LogP contribution < -0.4 is 4.74 Å². The number of para-hydroxylation sites is 1. The molecule has 0 aliphatic carbocycles. The van der Waals surface area contributed by atoms with E-state index in [1.54, 1.807) is 23.8 Å². The van der Waals surface area contributed by atoms with Gasteiger partial charge in [0.15, 0.2) is 10.6 Å². The van der Waals surface area contributed by atoms with E-state index >= 15 is 0 Å². The van der Waals surface area contributed by atoms with Crippen LogP contribution in [0.5, 0.6) is 5.75 Å². The molecule has 3 aromatic rings. The van der Waals surface area contributed by atoms with Crippen molar-refractivity contribution in [3.63, 3.8) is 0 Å². The Morgan fingerprint density at radius 3 is 2.75 bits per heavy atom. The molecule has 0 aliphatic rings. The Hall–Kier alpha value is -1.85. The molecule has 0 amide bonds. The maximum atomic E-state index is 14.2. The largest absolute Gasteiger partial charge is 0.494 e. The number of aromatic nitrogens is 2. The molecule has 1 N–H and O–H groups in total. The molecule has 1 aromatic heterocycles. The Kier molecular flexibility index (Phi) is 3.23. The van der Waals surface area contributed by atoms with Crippen molar-refractivity contribution >= 4 is 34.9 Å². The molecule has 0 atom stereocenters. The van der Waals surface area contributed by atoms with E-state index in [2.05, 4.69) is 4.98 Å². The standard InChI is InChI=1S/C14H10ClFN2OS/c1-19-11-7-3-6-10-13(11)17-14(20)18(10)9-5-2-4-8(15)12(9)16/h2-7H,1H3,(H,17,20). The van der Waals surface area contributed by atoms with Gasteiger partial charge >= 0.3 is 0 Å². The molecule has 0 aliphatic heterocycles. The number of halogens is 2. The van der Waals surface area contributed by atoms with E-state index in [1.165, 1.54) is 6.07 Å². The van der Waals surface area contributed by atoms with Gasteiger partial charge in [0.05, 0.1) is 23.3 Å². The van der Waals surface area contributed by atoms with Crippen molar-refractivity contribution in [1.29, 1.82) is 0 Å².